The first-order chi connectivity index (χ1) is 12.6. The van der Waals surface area contributed by atoms with Crippen LogP contribution in [-0.2, 0) is 4.79 Å². The highest BCUT2D eigenvalue weighted by Crippen LogP contribution is 2.45. The number of nitro benzene ring substituents is 1. The topological polar surface area (TPSA) is 66.7 Å². The normalized spacial score (nSPS) is 30.3. The lowest BCUT2D eigenvalue weighted by atomic mass is 9.71. The van der Waals surface area contributed by atoms with Gasteiger partial charge in [-0.15, -0.1) is 0 Å². The minimum Gasteiger partial charge on any atom is -0.334 e. The average Bonchev–Trinajstić information content (AvgIpc) is 2.67. The van der Waals surface area contributed by atoms with Gasteiger partial charge in [-0.3, -0.25) is 19.8 Å². The second-order valence-corrected chi connectivity index (χ2v) is 7.53. The Kier molecular flexibility index (Phi) is 4.53. The van der Waals surface area contributed by atoms with E-state index >= 15 is 0 Å². The number of nitrogens with zero attached hydrogens (tertiary/aromatic N) is 3. The van der Waals surface area contributed by atoms with Gasteiger partial charge in [0, 0.05) is 49.3 Å². The Labute approximate surface area is 153 Å². The lowest BCUT2D eigenvalue weighted by Crippen LogP contribution is -2.76. The van der Waals surface area contributed by atoms with Gasteiger partial charge < -0.3 is 4.90 Å². The van der Waals surface area contributed by atoms with Gasteiger partial charge in [-0.1, -0.05) is 31.2 Å². The van der Waals surface area contributed by atoms with Gasteiger partial charge in [-0.05, 0) is 31.2 Å². The van der Waals surface area contributed by atoms with Crippen molar-refractivity contribution in [2.75, 3.05) is 6.54 Å². The number of amides is 1. The predicted molar refractivity (Wildman–Crippen MR) is 99.6 cm³/mol. The molecule has 4 unspecified atom stereocenters. The Bertz CT molecular complexity index is 728. The molecule has 5 fully saturated rings. The Hall–Kier alpha value is -2.21. The molecule has 0 spiro atoms. The number of piperazine rings is 1. The highest BCUT2D eigenvalue weighted by molar-refractivity contribution is 5.77. The van der Waals surface area contributed by atoms with Crippen LogP contribution in [0.2, 0.25) is 0 Å². The van der Waals surface area contributed by atoms with Gasteiger partial charge in [0.1, 0.15) is 0 Å². The zero-order valence-electron chi connectivity index (χ0n) is 15.1. The van der Waals surface area contributed by atoms with E-state index < -0.39 is 0 Å². The van der Waals surface area contributed by atoms with Crippen molar-refractivity contribution in [2.24, 2.45) is 0 Å². The number of nitro groups is 1. The smallest absolute Gasteiger partial charge is 0.270 e. The Morgan fingerprint density at radius 1 is 1.19 bits per heavy atom. The highest BCUT2D eigenvalue weighted by Gasteiger charge is 2.55. The van der Waals surface area contributed by atoms with E-state index in [1.807, 2.05) is 19.1 Å². The summed E-state index contributed by atoms with van der Waals surface area (Å²) < 4.78 is 0. The first-order valence-corrected chi connectivity index (χ1v) is 9.58. The molecule has 1 aromatic rings. The standard InChI is InChI=1S/C20H25N3O3/c1-2-20(24)22-18-10-8-16-19(22)11-9-17(18)21(16)12-4-6-14-5-3-7-15(13-14)23(25)26/h3-7,13,16-19H,2,8-12H2,1H3/b6-4+. The minimum absolute atomic E-state index is 0.122. The molecule has 6 heteroatoms. The molecule has 0 saturated carbocycles. The van der Waals surface area contributed by atoms with E-state index in [2.05, 4.69) is 15.9 Å². The molecule has 5 aliphatic rings. The molecule has 138 valence electrons. The Morgan fingerprint density at radius 3 is 2.46 bits per heavy atom. The van der Waals surface area contributed by atoms with E-state index in [1.165, 1.54) is 18.9 Å². The molecule has 0 aliphatic carbocycles. The third-order valence-corrected chi connectivity index (χ3v) is 6.27. The van der Waals surface area contributed by atoms with Crippen molar-refractivity contribution >= 4 is 17.7 Å². The Balaban J connectivity index is 1.47. The summed E-state index contributed by atoms with van der Waals surface area (Å²) in [5.41, 5.74) is 0.978. The van der Waals surface area contributed by atoms with Gasteiger partial charge in [0.05, 0.1) is 4.92 Å². The molecular formula is C20H25N3O3. The first-order valence-electron chi connectivity index (χ1n) is 9.58. The van der Waals surface area contributed by atoms with Crippen molar-refractivity contribution in [3.05, 3.63) is 46.0 Å². The number of hydrogen-bond donors (Lipinski definition) is 0. The fourth-order valence-electron chi connectivity index (χ4n) is 5.24. The quantitative estimate of drug-likeness (QED) is 0.601. The third-order valence-electron chi connectivity index (χ3n) is 6.27. The van der Waals surface area contributed by atoms with Crippen LogP contribution in [0.1, 0.15) is 44.6 Å². The molecule has 0 aromatic heterocycles. The van der Waals surface area contributed by atoms with Crippen LogP contribution in [0, 0.1) is 10.1 Å². The minimum atomic E-state index is -0.362. The van der Waals surface area contributed by atoms with Crippen molar-refractivity contribution in [1.29, 1.82) is 0 Å². The van der Waals surface area contributed by atoms with Gasteiger partial charge in [0.2, 0.25) is 5.91 Å². The maximum atomic E-state index is 12.4. The molecule has 0 radical (unpaired) electrons. The summed E-state index contributed by atoms with van der Waals surface area (Å²) in [5.74, 6) is 0.307. The van der Waals surface area contributed by atoms with E-state index in [0.29, 0.717) is 36.5 Å². The number of hydrogen-bond acceptors (Lipinski definition) is 4. The van der Waals surface area contributed by atoms with Crippen LogP contribution < -0.4 is 0 Å². The van der Waals surface area contributed by atoms with Crippen molar-refractivity contribution in [2.45, 2.75) is 63.2 Å². The summed E-state index contributed by atoms with van der Waals surface area (Å²) in [6, 6.07) is 8.39. The summed E-state index contributed by atoms with van der Waals surface area (Å²) in [7, 11) is 0. The van der Waals surface area contributed by atoms with E-state index in [-0.39, 0.29) is 10.6 Å². The number of benzene rings is 1. The van der Waals surface area contributed by atoms with Crippen molar-refractivity contribution in [1.82, 2.24) is 9.80 Å². The highest BCUT2D eigenvalue weighted by atomic mass is 16.6. The van der Waals surface area contributed by atoms with Crippen LogP contribution in [0.15, 0.2) is 30.3 Å². The van der Waals surface area contributed by atoms with E-state index in [9.17, 15) is 14.9 Å². The van der Waals surface area contributed by atoms with E-state index in [4.69, 9.17) is 0 Å². The van der Waals surface area contributed by atoms with Crippen molar-refractivity contribution in [3.63, 3.8) is 0 Å². The number of fused-ring (bicyclic) bond motifs is 2. The average molecular weight is 355 g/mol. The van der Waals surface area contributed by atoms with Gasteiger partial charge in [-0.2, -0.15) is 0 Å². The third kappa shape index (κ3) is 2.82. The molecule has 5 aliphatic heterocycles. The van der Waals surface area contributed by atoms with Gasteiger partial charge in [0.15, 0.2) is 0 Å². The molecule has 1 amide bonds. The zero-order chi connectivity index (χ0) is 18.3. The maximum absolute atomic E-state index is 12.4. The molecule has 6 rings (SSSR count). The lowest BCUT2D eigenvalue weighted by molar-refractivity contribution is -0.384. The molecule has 5 heterocycles. The van der Waals surface area contributed by atoms with Gasteiger partial charge >= 0.3 is 0 Å². The number of piperidine rings is 4. The van der Waals surface area contributed by atoms with Crippen LogP contribution >= 0.6 is 0 Å². The number of carbonyl (C=O) groups is 1. The van der Waals surface area contributed by atoms with Crippen LogP contribution in [-0.4, -0.2) is 51.3 Å². The molecule has 4 atom stereocenters. The predicted octanol–water partition coefficient (Wildman–Crippen LogP) is 3.22. The van der Waals surface area contributed by atoms with Crippen molar-refractivity contribution in [3.8, 4) is 0 Å². The molecule has 5 saturated heterocycles. The number of rotatable bonds is 5. The van der Waals surface area contributed by atoms with Crippen LogP contribution in [0.4, 0.5) is 5.69 Å². The van der Waals surface area contributed by atoms with Gasteiger partial charge in [-0.25, -0.2) is 0 Å². The van der Waals surface area contributed by atoms with E-state index in [1.54, 1.807) is 12.1 Å². The molecule has 0 N–H and O–H groups in total. The lowest BCUT2D eigenvalue weighted by Gasteiger charge is -2.64. The zero-order valence-corrected chi connectivity index (χ0v) is 15.1. The summed E-state index contributed by atoms with van der Waals surface area (Å²) in [6.45, 7) is 2.80. The fourth-order valence-corrected chi connectivity index (χ4v) is 5.24. The maximum Gasteiger partial charge on any atom is 0.270 e. The Morgan fingerprint density at radius 2 is 1.85 bits per heavy atom. The van der Waals surface area contributed by atoms with Gasteiger partial charge in [0.25, 0.3) is 5.69 Å². The summed E-state index contributed by atoms with van der Waals surface area (Å²) in [6.07, 6.45) is 9.28. The molecule has 26 heavy (non-hydrogen) atoms. The van der Waals surface area contributed by atoms with Crippen LogP contribution in [0.3, 0.4) is 0 Å². The SMILES string of the molecule is CCC(=O)N1C2CCC3C1CCC2N3C/C=C/c1cccc([N+](=O)[O-])c1. The van der Waals surface area contributed by atoms with Crippen molar-refractivity contribution < 1.29 is 9.72 Å². The molecule has 6 nitrogen and oxygen atoms in total. The van der Waals surface area contributed by atoms with Crippen LogP contribution in [0.5, 0.6) is 0 Å². The fraction of sp³-hybridized carbons (Fsp3) is 0.550. The second kappa shape index (κ2) is 6.83. The molecule has 1 aromatic carbocycles. The van der Waals surface area contributed by atoms with Crippen LogP contribution in [0.25, 0.3) is 6.08 Å². The summed E-state index contributed by atoms with van der Waals surface area (Å²) in [5, 5.41) is 10.9. The molecule has 4 bridgehead atoms. The first kappa shape index (κ1) is 17.2. The summed E-state index contributed by atoms with van der Waals surface area (Å²) >= 11 is 0. The largest absolute Gasteiger partial charge is 0.334 e. The number of non-ortho nitro benzene ring substituents is 1. The summed E-state index contributed by atoms with van der Waals surface area (Å²) in [4.78, 5) is 27.7. The number of carbonyl (C=O) groups excluding carboxylic acids is 1. The van der Waals surface area contributed by atoms with E-state index in [0.717, 1.165) is 24.9 Å². The molecular weight excluding hydrogens is 330 g/mol. The monoisotopic (exact) mass is 355 g/mol. The second-order valence-electron chi connectivity index (χ2n) is 7.53.